The van der Waals surface area contributed by atoms with E-state index in [1.54, 1.807) is 0 Å². The first kappa shape index (κ1) is 30.3. The zero-order chi connectivity index (χ0) is 17.1. The molecule has 0 unspecified atom stereocenters. The van der Waals surface area contributed by atoms with Crippen molar-refractivity contribution in [2.24, 2.45) is 0 Å². The number of hydrogen-bond donors (Lipinski definition) is 0. The second-order valence-electron chi connectivity index (χ2n) is 7.61. The fraction of sp³-hybridized carbons (Fsp3) is 1.00. The SMILES string of the molecule is CCCCCCCCCCCCCCCC[N+](C)(C)C.[Br-].[K][Br]. The van der Waals surface area contributed by atoms with Crippen LogP contribution in [-0.2, 0) is 0 Å². The van der Waals surface area contributed by atoms with Crippen molar-refractivity contribution in [3.05, 3.63) is 0 Å². The molecular formula is C19H42Br2KN. The molecule has 0 saturated heterocycles. The number of nitrogens with zero attached hydrogens (tertiary/aromatic N) is 1. The fourth-order valence-electron chi connectivity index (χ4n) is 2.78. The summed E-state index contributed by atoms with van der Waals surface area (Å²) in [6, 6.07) is 0. The summed E-state index contributed by atoms with van der Waals surface area (Å²) in [6.07, 6.45) is 20.4. The van der Waals surface area contributed by atoms with Crippen molar-refractivity contribution < 1.29 is 21.5 Å². The third-order valence-electron chi connectivity index (χ3n) is 4.18. The molecule has 0 aromatic heterocycles. The first-order chi connectivity index (χ1) is 10.6. The molecule has 0 saturated carbocycles. The topological polar surface area (TPSA) is 0 Å². The quantitative estimate of drug-likeness (QED) is 0.190. The molecule has 0 N–H and O–H groups in total. The van der Waals surface area contributed by atoms with Gasteiger partial charge in [0, 0.05) is 0 Å². The summed E-state index contributed by atoms with van der Waals surface area (Å²) >= 11 is 0.875. The van der Waals surface area contributed by atoms with Gasteiger partial charge in [0.15, 0.2) is 0 Å². The van der Waals surface area contributed by atoms with Gasteiger partial charge in [-0.2, -0.15) is 0 Å². The fourth-order valence-corrected chi connectivity index (χ4v) is 2.78. The van der Waals surface area contributed by atoms with Gasteiger partial charge in [0.2, 0.25) is 0 Å². The molecule has 0 rings (SSSR count). The predicted octanol–water partition coefficient (Wildman–Crippen LogP) is 3.64. The van der Waals surface area contributed by atoms with Crippen LogP contribution < -0.4 is 17.0 Å². The Morgan fingerprint density at radius 3 is 1.09 bits per heavy atom. The zero-order valence-corrected chi connectivity index (χ0v) is 23.1. The molecule has 0 spiro atoms. The second kappa shape index (κ2) is 24.6. The second-order valence-corrected chi connectivity index (χ2v) is 7.61. The Bertz CT molecular complexity index is 196. The van der Waals surface area contributed by atoms with Crippen LogP contribution in [0.5, 0.6) is 0 Å². The molecule has 0 heterocycles. The van der Waals surface area contributed by atoms with E-state index in [4.69, 9.17) is 0 Å². The van der Waals surface area contributed by atoms with Crippen molar-refractivity contribution in [1.29, 1.82) is 0 Å². The third-order valence-corrected chi connectivity index (χ3v) is 4.18. The van der Waals surface area contributed by atoms with Crippen LogP contribution in [0.1, 0.15) is 96.8 Å². The number of halogens is 2. The standard InChI is InChI=1S/C19H42N.2BrH.K/c1-5-6-7-8-9-10-11-12-13-14-15-16-17-18-19-20(2,3)4;;;/h5-19H2,1-4H3;2*1H;/q+1;;;+1/p-2. The van der Waals surface area contributed by atoms with E-state index in [0.29, 0.717) is 0 Å². The van der Waals surface area contributed by atoms with Crippen molar-refractivity contribution in [3.63, 3.8) is 0 Å². The average Bonchev–Trinajstić information content (AvgIpc) is 2.48. The van der Waals surface area contributed by atoms with E-state index in [1.165, 1.54) is 96.4 Å². The first-order valence-corrected chi connectivity index (χ1v) is 17.5. The molecule has 0 aliphatic heterocycles. The maximum atomic E-state index is 3.12. The number of rotatable bonds is 15. The molecule has 138 valence electrons. The monoisotopic (exact) mass is 481 g/mol. The Kier molecular flexibility index (Phi) is 32.3. The van der Waals surface area contributed by atoms with E-state index in [9.17, 15) is 0 Å². The van der Waals surface area contributed by atoms with Crippen molar-refractivity contribution in [1.82, 2.24) is 0 Å². The molecule has 23 heavy (non-hydrogen) atoms. The van der Waals surface area contributed by atoms with Gasteiger partial charge in [-0.25, -0.2) is 0 Å². The van der Waals surface area contributed by atoms with Gasteiger partial charge in [-0.15, -0.1) is 0 Å². The summed E-state index contributed by atoms with van der Waals surface area (Å²) in [7, 11) is 6.88. The van der Waals surface area contributed by atoms with Crippen LogP contribution in [0.2, 0.25) is 0 Å². The summed E-state index contributed by atoms with van der Waals surface area (Å²) in [6.45, 7) is 6.75. The van der Waals surface area contributed by atoms with Crippen LogP contribution >= 0.6 is 6.60 Å². The van der Waals surface area contributed by atoms with Gasteiger partial charge in [-0.05, 0) is 12.8 Å². The van der Waals surface area contributed by atoms with Gasteiger partial charge in [-0.1, -0.05) is 84.0 Å². The van der Waals surface area contributed by atoms with Crippen LogP contribution in [0.25, 0.3) is 0 Å². The minimum absolute atomic E-state index is 0. The number of unbranched alkanes of at least 4 members (excludes halogenated alkanes) is 13. The van der Waals surface area contributed by atoms with E-state index in [-0.39, 0.29) is 17.0 Å². The molecular weight excluding hydrogens is 441 g/mol. The Morgan fingerprint density at radius 1 is 0.565 bits per heavy atom. The van der Waals surface area contributed by atoms with Crippen LogP contribution in [0.3, 0.4) is 0 Å². The normalized spacial score (nSPS) is 10.7. The summed E-state index contributed by atoms with van der Waals surface area (Å²) < 4.78 is 1.12. The van der Waals surface area contributed by atoms with Gasteiger partial charge < -0.3 is 21.5 Å². The zero-order valence-electron chi connectivity index (χ0n) is 16.8. The van der Waals surface area contributed by atoms with Crippen LogP contribution in [0.4, 0.5) is 0 Å². The molecule has 1 nitrogen and oxygen atoms in total. The molecule has 4 heteroatoms. The van der Waals surface area contributed by atoms with E-state index >= 15 is 0 Å². The molecule has 0 bridgehead atoms. The maximum absolute atomic E-state index is 3.12. The molecule has 0 aromatic rings. The average molecular weight is 483 g/mol. The van der Waals surface area contributed by atoms with Crippen molar-refractivity contribution >= 4 is 52.0 Å². The molecule has 0 atom stereocenters. The minimum atomic E-state index is 0. The van der Waals surface area contributed by atoms with Gasteiger partial charge in [0.25, 0.3) is 0 Å². The molecule has 0 aliphatic carbocycles. The van der Waals surface area contributed by atoms with Crippen molar-refractivity contribution in [2.45, 2.75) is 96.8 Å². The van der Waals surface area contributed by atoms with Gasteiger partial charge in [-0.3, -0.25) is 0 Å². The molecule has 0 aliphatic rings. The molecule has 0 amide bonds. The molecule has 0 radical (unpaired) electrons. The Hall–Kier alpha value is 2.56. The molecule has 0 aromatic carbocycles. The Morgan fingerprint density at radius 2 is 0.826 bits per heavy atom. The Balaban J connectivity index is -0.00000128. The van der Waals surface area contributed by atoms with Gasteiger partial charge in [0.1, 0.15) is 0 Å². The van der Waals surface area contributed by atoms with E-state index < -0.39 is 0 Å². The van der Waals surface area contributed by atoms with Crippen LogP contribution in [-0.4, -0.2) is 77.6 Å². The van der Waals surface area contributed by atoms with Crippen molar-refractivity contribution in [3.8, 4) is 0 Å². The van der Waals surface area contributed by atoms with Gasteiger partial charge >= 0.3 is 52.0 Å². The van der Waals surface area contributed by atoms with Gasteiger partial charge in [0.05, 0.1) is 27.7 Å². The molecule has 0 fully saturated rings. The van der Waals surface area contributed by atoms with Crippen LogP contribution in [0, 0.1) is 0 Å². The van der Waals surface area contributed by atoms with Crippen LogP contribution in [0.15, 0.2) is 0 Å². The number of hydrogen-bond acceptors (Lipinski definition) is 0. The van der Waals surface area contributed by atoms with E-state index in [2.05, 4.69) is 34.7 Å². The summed E-state index contributed by atoms with van der Waals surface area (Å²) in [4.78, 5) is 0. The van der Waals surface area contributed by atoms with E-state index in [0.717, 1.165) is 49.9 Å². The summed E-state index contributed by atoms with van der Waals surface area (Å²) in [5, 5.41) is 0. The Labute approximate surface area is 195 Å². The number of quaternary nitrogens is 1. The first-order valence-electron chi connectivity index (χ1n) is 9.74. The predicted molar refractivity (Wildman–Crippen MR) is 108 cm³/mol. The summed E-state index contributed by atoms with van der Waals surface area (Å²) in [5.74, 6) is 0. The van der Waals surface area contributed by atoms with Crippen molar-refractivity contribution in [2.75, 3.05) is 27.7 Å². The summed E-state index contributed by atoms with van der Waals surface area (Å²) in [5.41, 5.74) is 0. The van der Waals surface area contributed by atoms with E-state index in [1.807, 2.05) is 0 Å². The third kappa shape index (κ3) is 32.7.